The van der Waals surface area contributed by atoms with Gasteiger partial charge in [-0.25, -0.2) is 0 Å². The molecule has 3 nitrogen and oxygen atoms in total. The van der Waals surface area contributed by atoms with Crippen molar-refractivity contribution in [3.63, 3.8) is 0 Å². The second-order valence-electron chi connectivity index (χ2n) is 3.01. The lowest BCUT2D eigenvalue weighted by Gasteiger charge is -2.26. The lowest BCUT2D eigenvalue weighted by Crippen LogP contribution is -2.34. The van der Waals surface area contributed by atoms with Crippen LogP contribution in [0.4, 0.5) is 0 Å². The largest absolute Gasteiger partial charge is 0.411 e. The average Bonchev–Trinajstić information content (AvgIpc) is 2.07. The van der Waals surface area contributed by atoms with E-state index in [1.165, 1.54) is 13.0 Å². The molecule has 64 valence electrons. The molecule has 11 heavy (non-hydrogen) atoms. The van der Waals surface area contributed by atoms with Gasteiger partial charge in [0.25, 0.3) is 0 Å². The minimum Gasteiger partial charge on any atom is -0.411 e. The highest BCUT2D eigenvalue weighted by Gasteiger charge is 2.13. The van der Waals surface area contributed by atoms with E-state index in [0.29, 0.717) is 0 Å². The highest BCUT2D eigenvalue weighted by molar-refractivity contribution is 5.84. The molecule has 1 aliphatic heterocycles. The smallest absolute Gasteiger partial charge is 0.0596 e. The first-order chi connectivity index (χ1) is 5.36. The monoisotopic (exact) mass is 156 g/mol. The molecule has 0 saturated carbocycles. The zero-order valence-corrected chi connectivity index (χ0v) is 7.08. The molecule has 0 aliphatic carbocycles. The van der Waals surface area contributed by atoms with Crippen LogP contribution in [0.3, 0.4) is 0 Å². The van der Waals surface area contributed by atoms with Gasteiger partial charge in [-0.1, -0.05) is 12.1 Å². The van der Waals surface area contributed by atoms with Crippen molar-refractivity contribution in [1.82, 2.24) is 4.90 Å². The van der Waals surface area contributed by atoms with Crippen molar-refractivity contribution in [2.75, 3.05) is 19.6 Å². The molecule has 1 fully saturated rings. The fourth-order valence-electron chi connectivity index (χ4n) is 1.45. The van der Waals surface area contributed by atoms with Crippen LogP contribution in [0, 0.1) is 0 Å². The van der Waals surface area contributed by atoms with Crippen LogP contribution in [0.2, 0.25) is 0 Å². The molecule has 1 N–H and O–H groups in total. The van der Waals surface area contributed by atoms with Crippen LogP contribution in [0.15, 0.2) is 5.16 Å². The first-order valence-electron chi connectivity index (χ1n) is 4.29. The molecule has 0 spiro atoms. The summed E-state index contributed by atoms with van der Waals surface area (Å²) in [5.41, 5.74) is 0.956. The lowest BCUT2D eigenvalue weighted by molar-refractivity contribution is 0.263. The van der Waals surface area contributed by atoms with Crippen molar-refractivity contribution in [2.24, 2.45) is 5.16 Å². The second-order valence-corrected chi connectivity index (χ2v) is 3.01. The Balaban J connectivity index is 2.24. The minimum absolute atomic E-state index is 0.941. The molecule has 3 heteroatoms. The molecule has 0 aromatic rings. The quantitative estimate of drug-likeness (QED) is 0.483. The Morgan fingerprint density at radius 3 is 2.55 bits per heavy atom. The molecule has 0 amide bonds. The molecule has 1 saturated heterocycles. The highest BCUT2D eigenvalue weighted by atomic mass is 16.4. The Morgan fingerprint density at radius 2 is 2.09 bits per heavy atom. The van der Waals surface area contributed by atoms with Gasteiger partial charge in [0, 0.05) is 25.9 Å². The molecule has 0 aromatic heterocycles. The van der Waals surface area contributed by atoms with Crippen molar-refractivity contribution in [2.45, 2.75) is 26.2 Å². The standard InChI is InChI=1S/C8H16N2O/c1-2-5-10-6-3-8(9-11)4-7-10/h11H,2-7H2,1H3. The van der Waals surface area contributed by atoms with Gasteiger partial charge in [-0.2, -0.15) is 0 Å². The summed E-state index contributed by atoms with van der Waals surface area (Å²) in [7, 11) is 0. The Kier molecular flexibility index (Phi) is 3.36. The van der Waals surface area contributed by atoms with Crippen LogP contribution in [-0.4, -0.2) is 35.5 Å². The maximum atomic E-state index is 8.48. The molecular weight excluding hydrogens is 140 g/mol. The van der Waals surface area contributed by atoms with Crippen molar-refractivity contribution < 1.29 is 5.21 Å². The van der Waals surface area contributed by atoms with Crippen molar-refractivity contribution >= 4 is 5.71 Å². The van der Waals surface area contributed by atoms with Crippen LogP contribution in [0.1, 0.15) is 26.2 Å². The van der Waals surface area contributed by atoms with Crippen LogP contribution < -0.4 is 0 Å². The summed E-state index contributed by atoms with van der Waals surface area (Å²) < 4.78 is 0. The van der Waals surface area contributed by atoms with Gasteiger partial charge in [0.2, 0.25) is 0 Å². The first-order valence-corrected chi connectivity index (χ1v) is 4.29. The van der Waals surface area contributed by atoms with Crippen molar-refractivity contribution in [1.29, 1.82) is 0 Å². The summed E-state index contributed by atoms with van der Waals surface area (Å²) in [6, 6.07) is 0. The molecular formula is C8H16N2O. The van der Waals surface area contributed by atoms with E-state index in [4.69, 9.17) is 5.21 Å². The number of oxime groups is 1. The normalized spacial score (nSPS) is 20.3. The highest BCUT2D eigenvalue weighted by Crippen LogP contribution is 2.06. The minimum atomic E-state index is 0.941. The Bertz CT molecular complexity index is 135. The van der Waals surface area contributed by atoms with Gasteiger partial charge in [0.1, 0.15) is 0 Å². The van der Waals surface area contributed by atoms with Gasteiger partial charge >= 0.3 is 0 Å². The molecule has 1 heterocycles. The summed E-state index contributed by atoms with van der Waals surface area (Å²) in [5.74, 6) is 0. The molecule has 0 radical (unpaired) electrons. The number of rotatable bonds is 2. The van der Waals surface area contributed by atoms with Crippen molar-refractivity contribution in [3.05, 3.63) is 0 Å². The van der Waals surface area contributed by atoms with Crippen LogP contribution >= 0.6 is 0 Å². The summed E-state index contributed by atoms with van der Waals surface area (Å²) in [4.78, 5) is 2.41. The molecule has 0 atom stereocenters. The third kappa shape index (κ3) is 2.50. The lowest BCUT2D eigenvalue weighted by atomic mass is 10.1. The summed E-state index contributed by atoms with van der Waals surface area (Å²) in [5, 5.41) is 11.7. The second kappa shape index (κ2) is 4.34. The van der Waals surface area contributed by atoms with Gasteiger partial charge in [0.15, 0.2) is 0 Å². The maximum absolute atomic E-state index is 8.48. The summed E-state index contributed by atoms with van der Waals surface area (Å²) in [6.07, 6.45) is 3.10. The SMILES string of the molecule is CCCN1CCC(=NO)CC1. The molecule has 0 bridgehead atoms. The molecule has 1 aliphatic rings. The van der Waals surface area contributed by atoms with E-state index in [1.54, 1.807) is 0 Å². The number of likely N-dealkylation sites (tertiary alicyclic amines) is 1. The van der Waals surface area contributed by atoms with Crippen molar-refractivity contribution in [3.8, 4) is 0 Å². The van der Waals surface area contributed by atoms with Gasteiger partial charge in [-0.05, 0) is 13.0 Å². The maximum Gasteiger partial charge on any atom is 0.0596 e. The van der Waals surface area contributed by atoms with E-state index in [2.05, 4.69) is 17.0 Å². The van der Waals surface area contributed by atoms with E-state index < -0.39 is 0 Å². The van der Waals surface area contributed by atoms with Gasteiger partial charge < -0.3 is 10.1 Å². The molecule has 0 aromatic carbocycles. The predicted molar refractivity (Wildman–Crippen MR) is 45.2 cm³/mol. The number of hydrogen-bond donors (Lipinski definition) is 1. The Labute approximate surface area is 67.7 Å². The van der Waals surface area contributed by atoms with E-state index in [0.717, 1.165) is 31.6 Å². The average molecular weight is 156 g/mol. The number of piperidine rings is 1. The van der Waals surface area contributed by atoms with E-state index in [-0.39, 0.29) is 0 Å². The predicted octanol–water partition coefficient (Wildman–Crippen LogP) is 1.32. The first kappa shape index (κ1) is 8.53. The topological polar surface area (TPSA) is 35.8 Å². The fraction of sp³-hybridized carbons (Fsp3) is 0.875. The van der Waals surface area contributed by atoms with E-state index in [1.807, 2.05) is 0 Å². The van der Waals surface area contributed by atoms with Crippen LogP contribution in [0.5, 0.6) is 0 Å². The number of nitrogens with zero attached hydrogens (tertiary/aromatic N) is 2. The van der Waals surface area contributed by atoms with Gasteiger partial charge in [-0.15, -0.1) is 0 Å². The fourth-order valence-corrected chi connectivity index (χ4v) is 1.45. The molecule has 1 rings (SSSR count). The summed E-state index contributed by atoms with van der Waals surface area (Å²) >= 11 is 0. The van der Waals surface area contributed by atoms with E-state index in [9.17, 15) is 0 Å². The van der Waals surface area contributed by atoms with Crippen LogP contribution in [0.25, 0.3) is 0 Å². The summed E-state index contributed by atoms with van der Waals surface area (Å²) in [6.45, 7) is 5.49. The Hall–Kier alpha value is -0.570. The van der Waals surface area contributed by atoms with E-state index >= 15 is 0 Å². The number of hydrogen-bond acceptors (Lipinski definition) is 3. The van der Waals surface area contributed by atoms with Gasteiger partial charge in [0.05, 0.1) is 5.71 Å². The third-order valence-corrected chi connectivity index (χ3v) is 2.11. The molecule has 0 unspecified atom stereocenters. The van der Waals surface area contributed by atoms with Crippen LogP contribution in [-0.2, 0) is 0 Å². The zero-order valence-electron chi connectivity index (χ0n) is 7.08. The third-order valence-electron chi connectivity index (χ3n) is 2.11. The van der Waals surface area contributed by atoms with Gasteiger partial charge in [-0.3, -0.25) is 0 Å². The zero-order chi connectivity index (χ0) is 8.10. The Morgan fingerprint density at radius 1 is 1.45 bits per heavy atom.